The predicted molar refractivity (Wildman–Crippen MR) is 71.8 cm³/mol. The van der Waals surface area contributed by atoms with Crippen LogP contribution >= 0.6 is 0 Å². The summed E-state index contributed by atoms with van der Waals surface area (Å²) in [4.78, 5) is 0. The minimum absolute atomic E-state index is 0.386. The average Bonchev–Trinajstić information content (AvgIpc) is 2.84. The second kappa shape index (κ2) is 5.69. The molecule has 1 N–H and O–H groups in total. The van der Waals surface area contributed by atoms with Gasteiger partial charge in [0.2, 0.25) is 0 Å². The van der Waals surface area contributed by atoms with Crippen LogP contribution < -0.4 is 5.32 Å². The largest absolute Gasteiger partial charge is 0.351 e. The zero-order valence-electron chi connectivity index (χ0n) is 10.6. The van der Waals surface area contributed by atoms with Crippen molar-refractivity contribution in [2.45, 2.75) is 33.0 Å². The van der Waals surface area contributed by atoms with E-state index in [1.54, 1.807) is 0 Å². The van der Waals surface area contributed by atoms with E-state index in [0.29, 0.717) is 6.04 Å². The van der Waals surface area contributed by atoms with Crippen molar-refractivity contribution >= 4 is 0 Å². The zero-order chi connectivity index (χ0) is 12.1. The molecule has 1 aromatic carbocycles. The maximum absolute atomic E-state index is 3.56. The van der Waals surface area contributed by atoms with Gasteiger partial charge >= 0.3 is 0 Å². The molecule has 0 aliphatic heterocycles. The fourth-order valence-corrected chi connectivity index (χ4v) is 2.04. The van der Waals surface area contributed by atoms with E-state index >= 15 is 0 Å². The van der Waals surface area contributed by atoms with Crippen LogP contribution in [-0.4, -0.2) is 4.57 Å². The van der Waals surface area contributed by atoms with E-state index < -0.39 is 0 Å². The summed E-state index contributed by atoms with van der Waals surface area (Å²) in [5, 5.41) is 3.56. The topological polar surface area (TPSA) is 17.0 Å². The van der Waals surface area contributed by atoms with E-state index in [0.717, 1.165) is 13.1 Å². The number of rotatable bonds is 5. The van der Waals surface area contributed by atoms with Gasteiger partial charge in [0, 0.05) is 31.0 Å². The number of benzene rings is 1. The van der Waals surface area contributed by atoms with Gasteiger partial charge in [0.25, 0.3) is 0 Å². The monoisotopic (exact) mass is 228 g/mol. The van der Waals surface area contributed by atoms with Crippen molar-refractivity contribution in [3.05, 3.63) is 59.9 Å². The van der Waals surface area contributed by atoms with Crippen LogP contribution in [0.15, 0.2) is 48.7 Å². The quantitative estimate of drug-likeness (QED) is 0.830. The minimum atomic E-state index is 0.386. The number of hydrogen-bond acceptors (Lipinski definition) is 1. The lowest BCUT2D eigenvalue weighted by Gasteiger charge is -2.15. The van der Waals surface area contributed by atoms with Crippen LogP contribution in [0.1, 0.15) is 31.1 Å². The number of nitrogens with one attached hydrogen (secondary N) is 1. The molecule has 0 saturated heterocycles. The first-order valence-corrected chi connectivity index (χ1v) is 6.23. The highest BCUT2D eigenvalue weighted by atomic mass is 15.0. The molecule has 0 amide bonds. The Morgan fingerprint density at radius 2 is 1.88 bits per heavy atom. The van der Waals surface area contributed by atoms with Gasteiger partial charge in [0.15, 0.2) is 0 Å². The summed E-state index contributed by atoms with van der Waals surface area (Å²) in [6.45, 7) is 6.32. The van der Waals surface area contributed by atoms with Crippen molar-refractivity contribution in [3.8, 4) is 0 Å². The molecule has 17 heavy (non-hydrogen) atoms. The Balaban J connectivity index is 1.95. The molecule has 1 heterocycles. The van der Waals surface area contributed by atoms with Crippen molar-refractivity contribution in [1.29, 1.82) is 0 Å². The standard InChI is InChI=1S/C15H20N2/c1-3-17-11-7-10-15(17)12-16-13(2)14-8-5-4-6-9-14/h4-11,13,16H,3,12H2,1-2H3. The number of nitrogens with zero attached hydrogens (tertiary/aromatic N) is 1. The van der Waals surface area contributed by atoms with E-state index in [1.165, 1.54) is 11.3 Å². The lowest BCUT2D eigenvalue weighted by molar-refractivity contribution is 0.549. The summed E-state index contributed by atoms with van der Waals surface area (Å²) in [6.07, 6.45) is 2.13. The molecule has 1 unspecified atom stereocenters. The van der Waals surface area contributed by atoms with Crippen molar-refractivity contribution in [2.75, 3.05) is 0 Å². The van der Waals surface area contributed by atoms with Crippen LogP contribution in [-0.2, 0) is 13.1 Å². The third kappa shape index (κ3) is 2.98. The third-order valence-electron chi connectivity index (χ3n) is 3.15. The Labute approximate surface area is 103 Å². The van der Waals surface area contributed by atoms with Crippen LogP contribution in [0.2, 0.25) is 0 Å². The van der Waals surface area contributed by atoms with E-state index in [1.807, 2.05) is 0 Å². The zero-order valence-corrected chi connectivity index (χ0v) is 10.6. The average molecular weight is 228 g/mol. The molecule has 0 aliphatic carbocycles. The van der Waals surface area contributed by atoms with Crippen molar-refractivity contribution in [1.82, 2.24) is 9.88 Å². The van der Waals surface area contributed by atoms with Gasteiger partial charge in [-0.25, -0.2) is 0 Å². The summed E-state index contributed by atoms with van der Waals surface area (Å²) in [7, 11) is 0. The molecule has 2 heteroatoms. The fraction of sp³-hybridized carbons (Fsp3) is 0.333. The summed E-state index contributed by atoms with van der Waals surface area (Å²) in [6, 6.07) is 15.2. The molecule has 2 rings (SSSR count). The Hall–Kier alpha value is -1.54. The van der Waals surface area contributed by atoms with Crippen LogP contribution in [0.25, 0.3) is 0 Å². The Morgan fingerprint density at radius 1 is 1.12 bits per heavy atom. The molecular formula is C15H20N2. The van der Waals surface area contributed by atoms with Gasteiger partial charge in [0.05, 0.1) is 0 Å². The Morgan fingerprint density at radius 3 is 2.59 bits per heavy atom. The third-order valence-corrected chi connectivity index (χ3v) is 3.15. The molecule has 0 aliphatic rings. The Kier molecular flexibility index (Phi) is 3.99. The van der Waals surface area contributed by atoms with Gasteiger partial charge in [-0.05, 0) is 31.5 Å². The summed E-state index contributed by atoms with van der Waals surface area (Å²) >= 11 is 0. The molecule has 0 saturated carbocycles. The fourth-order valence-electron chi connectivity index (χ4n) is 2.04. The molecule has 0 bridgehead atoms. The van der Waals surface area contributed by atoms with Gasteiger partial charge in [-0.3, -0.25) is 0 Å². The molecular weight excluding hydrogens is 208 g/mol. The second-order valence-electron chi connectivity index (χ2n) is 4.30. The maximum Gasteiger partial charge on any atom is 0.0364 e. The molecule has 2 aromatic rings. The molecule has 1 atom stereocenters. The van der Waals surface area contributed by atoms with Gasteiger partial charge in [-0.2, -0.15) is 0 Å². The summed E-state index contributed by atoms with van der Waals surface area (Å²) in [5.74, 6) is 0. The molecule has 1 aromatic heterocycles. The molecule has 90 valence electrons. The smallest absolute Gasteiger partial charge is 0.0364 e. The van der Waals surface area contributed by atoms with Crippen LogP contribution in [0.5, 0.6) is 0 Å². The predicted octanol–water partition coefficient (Wildman–Crippen LogP) is 3.36. The highest BCUT2D eigenvalue weighted by Crippen LogP contribution is 2.12. The minimum Gasteiger partial charge on any atom is -0.351 e. The van der Waals surface area contributed by atoms with Crippen molar-refractivity contribution < 1.29 is 0 Å². The first kappa shape index (κ1) is 11.9. The van der Waals surface area contributed by atoms with Crippen molar-refractivity contribution in [3.63, 3.8) is 0 Å². The van der Waals surface area contributed by atoms with Gasteiger partial charge in [-0.1, -0.05) is 30.3 Å². The van der Waals surface area contributed by atoms with Crippen LogP contribution in [0, 0.1) is 0 Å². The highest BCUT2D eigenvalue weighted by molar-refractivity contribution is 5.18. The number of aromatic nitrogens is 1. The van der Waals surface area contributed by atoms with Crippen LogP contribution in [0.4, 0.5) is 0 Å². The first-order chi connectivity index (χ1) is 8.31. The second-order valence-corrected chi connectivity index (χ2v) is 4.30. The SMILES string of the molecule is CCn1cccc1CNC(C)c1ccccc1. The van der Waals surface area contributed by atoms with E-state index in [-0.39, 0.29) is 0 Å². The lowest BCUT2D eigenvalue weighted by Crippen LogP contribution is -2.19. The van der Waals surface area contributed by atoms with Gasteiger partial charge < -0.3 is 9.88 Å². The van der Waals surface area contributed by atoms with E-state index in [2.05, 4.69) is 72.4 Å². The molecule has 0 radical (unpaired) electrons. The Bertz CT molecular complexity index is 445. The number of hydrogen-bond donors (Lipinski definition) is 1. The number of aryl methyl sites for hydroxylation is 1. The molecule has 0 fully saturated rings. The molecule has 0 spiro atoms. The summed E-state index contributed by atoms with van der Waals surface area (Å²) in [5.41, 5.74) is 2.68. The van der Waals surface area contributed by atoms with Crippen LogP contribution in [0.3, 0.4) is 0 Å². The maximum atomic E-state index is 3.56. The van der Waals surface area contributed by atoms with Gasteiger partial charge in [0.1, 0.15) is 0 Å². The lowest BCUT2D eigenvalue weighted by atomic mass is 10.1. The first-order valence-electron chi connectivity index (χ1n) is 6.23. The normalized spacial score (nSPS) is 12.6. The van der Waals surface area contributed by atoms with E-state index in [4.69, 9.17) is 0 Å². The molecule has 2 nitrogen and oxygen atoms in total. The highest BCUT2D eigenvalue weighted by Gasteiger charge is 2.05. The van der Waals surface area contributed by atoms with E-state index in [9.17, 15) is 0 Å². The summed E-state index contributed by atoms with van der Waals surface area (Å²) < 4.78 is 2.27. The van der Waals surface area contributed by atoms with Gasteiger partial charge in [-0.15, -0.1) is 0 Å². The van der Waals surface area contributed by atoms with Crippen molar-refractivity contribution in [2.24, 2.45) is 0 Å².